The number of benzene rings is 1. The monoisotopic (exact) mass is 364 g/mol. The lowest BCUT2D eigenvalue weighted by molar-refractivity contribution is -0.121. The Hall–Kier alpha value is -1.95. The van der Waals surface area contributed by atoms with Gasteiger partial charge in [-0.2, -0.15) is 0 Å². The molecule has 0 bridgehead atoms. The summed E-state index contributed by atoms with van der Waals surface area (Å²) in [5.74, 6) is -0.694. The maximum Gasteiger partial charge on any atom is 0.261 e. The Morgan fingerprint density at radius 3 is 2.64 bits per heavy atom. The maximum absolute atomic E-state index is 12.2. The molecule has 0 saturated carbocycles. The van der Waals surface area contributed by atoms with Crippen LogP contribution in [0.15, 0.2) is 29.3 Å². The lowest BCUT2D eigenvalue weighted by Gasteiger charge is -2.13. The average Bonchev–Trinajstić information content (AvgIpc) is 2.69. The number of carbonyl (C=O) groups excluding carboxylic acids is 3. The summed E-state index contributed by atoms with van der Waals surface area (Å²) in [4.78, 5) is 37.2. The first-order valence-corrected chi connectivity index (χ1v) is 7.76. The van der Waals surface area contributed by atoms with Crippen LogP contribution in [0.25, 0.3) is 0 Å². The van der Waals surface area contributed by atoms with E-state index in [2.05, 4.69) is 27.8 Å². The van der Waals surface area contributed by atoms with Gasteiger partial charge in [-0.15, -0.1) is 0 Å². The number of imide groups is 1. The number of halogens is 1. The molecule has 0 spiro atoms. The highest BCUT2D eigenvalue weighted by Crippen LogP contribution is 2.24. The summed E-state index contributed by atoms with van der Waals surface area (Å²) in [5, 5.41) is 2.68. The Bertz CT molecular complexity index is 655. The molecule has 0 radical (unpaired) electrons. The molecule has 0 atom stereocenters. The summed E-state index contributed by atoms with van der Waals surface area (Å²) in [7, 11) is 0. The Balaban J connectivity index is 1.90. The SMILES string of the molecule is C=C(Br)CNC(=O)CCCN1C(=O)c2ccc(C)cc2C1=O. The largest absolute Gasteiger partial charge is 0.352 e. The summed E-state index contributed by atoms with van der Waals surface area (Å²) >= 11 is 3.16. The van der Waals surface area contributed by atoms with E-state index in [9.17, 15) is 14.4 Å². The number of nitrogens with zero attached hydrogens (tertiary/aromatic N) is 1. The zero-order chi connectivity index (χ0) is 16.3. The van der Waals surface area contributed by atoms with Gasteiger partial charge in [0.05, 0.1) is 11.1 Å². The highest BCUT2D eigenvalue weighted by Gasteiger charge is 2.34. The van der Waals surface area contributed by atoms with Gasteiger partial charge in [0.1, 0.15) is 0 Å². The van der Waals surface area contributed by atoms with Crippen molar-refractivity contribution in [3.8, 4) is 0 Å². The topological polar surface area (TPSA) is 66.5 Å². The summed E-state index contributed by atoms with van der Waals surface area (Å²) in [6.45, 7) is 6.11. The van der Waals surface area contributed by atoms with Gasteiger partial charge in [-0.3, -0.25) is 19.3 Å². The molecule has 22 heavy (non-hydrogen) atoms. The van der Waals surface area contributed by atoms with Crippen molar-refractivity contribution in [3.63, 3.8) is 0 Å². The third-order valence-corrected chi connectivity index (χ3v) is 3.67. The van der Waals surface area contributed by atoms with Gasteiger partial charge in [0.25, 0.3) is 11.8 Å². The Morgan fingerprint density at radius 2 is 1.95 bits per heavy atom. The normalized spacial score (nSPS) is 13.3. The minimum absolute atomic E-state index is 0.131. The minimum Gasteiger partial charge on any atom is -0.352 e. The highest BCUT2D eigenvalue weighted by atomic mass is 79.9. The molecule has 6 heteroatoms. The molecule has 116 valence electrons. The van der Waals surface area contributed by atoms with Crippen LogP contribution in [0.5, 0.6) is 0 Å². The van der Waals surface area contributed by atoms with E-state index in [1.807, 2.05) is 13.0 Å². The fraction of sp³-hybridized carbons (Fsp3) is 0.312. The van der Waals surface area contributed by atoms with E-state index >= 15 is 0 Å². The van der Waals surface area contributed by atoms with Crippen molar-refractivity contribution >= 4 is 33.7 Å². The molecule has 0 aliphatic carbocycles. The molecule has 1 aliphatic rings. The van der Waals surface area contributed by atoms with Crippen molar-refractivity contribution in [3.05, 3.63) is 46.0 Å². The van der Waals surface area contributed by atoms with Crippen LogP contribution >= 0.6 is 15.9 Å². The number of hydrogen-bond donors (Lipinski definition) is 1. The van der Waals surface area contributed by atoms with Gasteiger partial charge < -0.3 is 5.32 Å². The lowest BCUT2D eigenvalue weighted by atomic mass is 10.1. The fourth-order valence-corrected chi connectivity index (χ4v) is 2.43. The van der Waals surface area contributed by atoms with Crippen molar-refractivity contribution < 1.29 is 14.4 Å². The number of rotatable bonds is 6. The van der Waals surface area contributed by atoms with Gasteiger partial charge in [-0.25, -0.2) is 0 Å². The maximum atomic E-state index is 12.2. The van der Waals surface area contributed by atoms with Crippen LogP contribution in [-0.2, 0) is 4.79 Å². The second-order valence-electron chi connectivity index (χ2n) is 5.21. The molecular formula is C16H17BrN2O3. The molecule has 0 saturated heterocycles. The Morgan fingerprint density at radius 1 is 1.27 bits per heavy atom. The number of aryl methyl sites for hydroxylation is 1. The van der Waals surface area contributed by atoms with Crippen LogP contribution in [0, 0.1) is 6.92 Å². The summed E-state index contributed by atoms with van der Waals surface area (Å²) in [6, 6.07) is 5.22. The first-order valence-electron chi connectivity index (χ1n) is 6.97. The molecule has 0 aromatic heterocycles. The molecule has 3 amide bonds. The molecule has 1 aromatic carbocycles. The van der Waals surface area contributed by atoms with Crippen molar-refractivity contribution in [1.82, 2.24) is 10.2 Å². The first-order chi connectivity index (χ1) is 10.4. The van der Waals surface area contributed by atoms with Crippen molar-refractivity contribution in [1.29, 1.82) is 0 Å². The molecule has 0 fully saturated rings. The Kier molecular flexibility index (Phi) is 5.13. The fourth-order valence-electron chi connectivity index (χ4n) is 2.29. The van der Waals surface area contributed by atoms with Crippen molar-refractivity contribution in [2.75, 3.05) is 13.1 Å². The second-order valence-corrected chi connectivity index (χ2v) is 6.33. The van der Waals surface area contributed by atoms with Crippen LogP contribution in [0.3, 0.4) is 0 Å². The third kappa shape index (κ3) is 3.62. The van der Waals surface area contributed by atoms with Crippen LogP contribution in [0.2, 0.25) is 0 Å². The average molecular weight is 365 g/mol. The van der Waals surface area contributed by atoms with E-state index in [0.717, 1.165) is 5.56 Å². The molecule has 1 N–H and O–H groups in total. The van der Waals surface area contributed by atoms with E-state index in [1.54, 1.807) is 12.1 Å². The molecule has 1 aliphatic heterocycles. The lowest BCUT2D eigenvalue weighted by Crippen LogP contribution is -2.32. The smallest absolute Gasteiger partial charge is 0.261 e. The van der Waals surface area contributed by atoms with Crippen LogP contribution in [0.4, 0.5) is 0 Å². The number of hydrogen-bond acceptors (Lipinski definition) is 3. The molecule has 1 aromatic rings. The number of amides is 3. The highest BCUT2D eigenvalue weighted by molar-refractivity contribution is 9.11. The van der Waals surface area contributed by atoms with E-state index in [0.29, 0.717) is 28.6 Å². The zero-order valence-electron chi connectivity index (χ0n) is 12.3. The molecular weight excluding hydrogens is 348 g/mol. The second kappa shape index (κ2) is 6.87. The van der Waals surface area contributed by atoms with Gasteiger partial charge >= 0.3 is 0 Å². The van der Waals surface area contributed by atoms with Gasteiger partial charge in [0.15, 0.2) is 0 Å². The Labute approximate surface area is 137 Å². The number of nitrogens with one attached hydrogen (secondary N) is 1. The third-order valence-electron chi connectivity index (χ3n) is 3.39. The van der Waals surface area contributed by atoms with Crippen LogP contribution < -0.4 is 5.32 Å². The van der Waals surface area contributed by atoms with Gasteiger partial charge in [0.2, 0.25) is 5.91 Å². The van der Waals surface area contributed by atoms with E-state index in [4.69, 9.17) is 0 Å². The minimum atomic E-state index is -0.283. The van der Waals surface area contributed by atoms with Crippen molar-refractivity contribution in [2.45, 2.75) is 19.8 Å². The first kappa shape index (κ1) is 16.4. The van der Waals surface area contributed by atoms with Gasteiger partial charge in [-0.05, 0) is 25.5 Å². The van der Waals surface area contributed by atoms with Crippen LogP contribution in [-0.4, -0.2) is 35.7 Å². The van der Waals surface area contributed by atoms with Crippen molar-refractivity contribution in [2.24, 2.45) is 0 Å². The van der Waals surface area contributed by atoms with Gasteiger partial charge in [-0.1, -0.05) is 34.1 Å². The molecule has 1 heterocycles. The number of fused-ring (bicyclic) bond motifs is 1. The molecule has 5 nitrogen and oxygen atoms in total. The number of carbonyl (C=O) groups is 3. The summed E-state index contributed by atoms with van der Waals surface area (Å²) < 4.78 is 0.691. The molecule has 2 rings (SSSR count). The zero-order valence-corrected chi connectivity index (χ0v) is 13.9. The quantitative estimate of drug-likeness (QED) is 0.788. The van der Waals surface area contributed by atoms with Gasteiger partial charge in [0, 0.05) is 24.0 Å². The molecule has 0 unspecified atom stereocenters. The van der Waals surface area contributed by atoms with E-state index < -0.39 is 0 Å². The van der Waals surface area contributed by atoms with Crippen LogP contribution in [0.1, 0.15) is 39.1 Å². The van der Waals surface area contributed by atoms with E-state index in [1.165, 1.54) is 4.90 Å². The standard InChI is InChI=1S/C16H17BrN2O3/c1-10-5-6-12-13(8-10)16(22)19(15(12)21)7-3-4-14(20)18-9-11(2)17/h5-6,8H,2-4,7,9H2,1H3,(H,18,20). The van der Waals surface area contributed by atoms with E-state index in [-0.39, 0.29) is 30.7 Å². The predicted octanol–water partition coefficient (Wildman–Crippen LogP) is 2.40. The summed E-state index contributed by atoms with van der Waals surface area (Å²) in [6.07, 6.45) is 0.692. The predicted molar refractivity (Wildman–Crippen MR) is 86.9 cm³/mol. The summed E-state index contributed by atoms with van der Waals surface area (Å²) in [5.41, 5.74) is 1.83.